The molecule has 0 saturated carbocycles. The first-order chi connectivity index (χ1) is 12.0. The third-order valence-electron chi connectivity index (χ3n) is 3.26. The predicted molar refractivity (Wildman–Crippen MR) is 104 cm³/mol. The van der Waals surface area contributed by atoms with E-state index in [0.717, 1.165) is 0 Å². The summed E-state index contributed by atoms with van der Waals surface area (Å²) in [6.07, 6.45) is 0.480. The Hall–Kier alpha value is -1.52. The fourth-order valence-electron chi connectivity index (χ4n) is 2.02. The summed E-state index contributed by atoms with van der Waals surface area (Å²) in [5.41, 5.74) is -2.43. The molecule has 2 unspecified atom stereocenters. The molecule has 0 saturated heterocycles. The maximum atomic E-state index is 12.1. The lowest BCUT2D eigenvalue weighted by molar-refractivity contribution is -0.399. The van der Waals surface area contributed by atoms with Gasteiger partial charge >= 0.3 is 5.97 Å². The van der Waals surface area contributed by atoms with Gasteiger partial charge in [-0.25, -0.2) is 9.78 Å². The molecule has 0 aromatic rings. The summed E-state index contributed by atoms with van der Waals surface area (Å²) >= 11 is 0. The summed E-state index contributed by atoms with van der Waals surface area (Å²) in [6, 6.07) is 2.12. The van der Waals surface area contributed by atoms with Crippen LogP contribution in [0.25, 0.3) is 0 Å². The van der Waals surface area contributed by atoms with Crippen LogP contribution >= 0.6 is 0 Å². The molecule has 0 rings (SSSR count). The van der Waals surface area contributed by atoms with E-state index in [9.17, 15) is 10.1 Å². The molecular weight excluding hydrogens is 346 g/mol. The second-order valence-electron chi connectivity index (χ2n) is 9.80. The first-order valence-corrected chi connectivity index (χ1v) is 9.39. The minimum Gasteiger partial charge on any atom is -0.463 e. The minimum absolute atomic E-state index is 0.0946. The third-order valence-corrected chi connectivity index (χ3v) is 3.26. The Morgan fingerprint density at radius 1 is 1.00 bits per heavy atom. The molecule has 0 aliphatic carbocycles. The van der Waals surface area contributed by atoms with Gasteiger partial charge in [-0.15, -0.1) is 0 Å². The third kappa shape index (κ3) is 13.3. The molecule has 2 atom stereocenters. The number of esters is 1. The van der Waals surface area contributed by atoms with Gasteiger partial charge in [0.05, 0.1) is 17.2 Å². The van der Waals surface area contributed by atoms with Crippen molar-refractivity contribution in [2.75, 3.05) is 0 Å². The van der Waals surface area contributed by atoms with Gasteiger partial charge in [-0.3, -0.25) is 4.79 Å². The van der Waals surface area contributed by atoms with Crippen LogP contribution in [-0.4, -0.2) is 34.4 Å². The summed E-state index contributed by atoms with van der Waals surface area (Å²) in [5, 5.41) is 17.6. The zero-order valence-electron chi connectivity index (χ0n) is 18.7. The van der Waals surface area contributed by atoms with Crippen LogP contribution in [0.2, 0.25) is 0 Å². The quantitative estimate of drug-likeness (QED) is 0.238. The first kappa shape index (κ1) is 25.5. The van der Waals surface area contributed by atoms with Crippen LogP contribution in [0.4, 0.5) is 0 Å². The molecule has 0 spiro atoms. The van der Waals surface area contributed by atoms with Crippen molar-refractivity contribution in [2.24, 2.45) is 10.2 Å². The number of nitriles is 1. The lowest BCUT2D eigenvalue weighted by atomic mass is 9.99. The molecule has 0 N–H and O–H groups in total. The molecule has 0 aromatic heterocycles. The summed E-state index contributed by atoms with van der Waals surface area (Å²) in [6.45, 7) is 18.6. The van der Waals surface area contributed by atoms with Crippen LogP contribution in [0, 0.1) is 11.3 Å². The smallest absolute Gasteiger partial charge is 0.306 e. The van der Waals surface area contributed by atoms with E-state index < -0.39 is 16.7 Å². The van der Waals surface area contributed by atoms with E-state index >= 15 is 0 Å². The number of ether oxygens (including phenoxy) is 1. The lowest BCUT2D eigenvalue weighted by Crippen LogP contribution is -2.34. The number of nitrogens with zero attached hydrogens (tertiary/aromatic N) is 3. The number of carbonyl (C=O) groups is 1. The second kappa shape index (κ2) is 9.61. The standard InChI is InChI=1S/C20H37N3O4/c1-15(13-19(8,9)27-26-18(5,6)7)25-16(24)11-12-20(10,14-21)23-22-17(2,3)4/h15H,11-13H2,1-10H3. The minimum atomic E-state index is -1.04. The van der Waals surface area contributed by atoms with Gasteiger partial charge in [0.15, 0.2) is 5.54 Å². The summed E-state index contributed by atoms with van der Waals surface area (Å²) in [7, 11) is 0. The Kier molecular flexibility index (Phi) is 9.07. The topological polar surface area (TPSA) is 93.3 Å². The van der Waals surface area contributed by atoms with Crippen molar-refractivity contribution >= 4 is 5.97 Å². The number of hydrogen-bond acceptors (Lipinski definition) is 7. The van der Waals surface area contributed by atoms with E-state index in [1.807, 2.05) is 62.3 Å². The van der Waals surface area contributed by atoms with Gasteiger partial charge in [0.2, 0.25) is 0 Å². The Morgan fingerprint density at radius 3 is 2.00 bits per heavy atom. The van der Waals surface area contributed by atoms with Crippen LogP contribution in [0.3, 0.4) is 0 Å². The van der Waals surface area contributed by atoms with Gasteiger partial charge in [0.1, 0.15) is 11.7 Å². The Balaban J connectivity index is 4.56. The van der Waals surface area contributed by atoms with Crippen LogP contribution < -0.4 is 0 Å². The Labute approximate surface area is 164 Å². The predicted octanol–water partition coefficient (Wildman–Crippen LogP) is 5.15. The number of azo groups is 1. The number of carbonyl (C=O) groups excluding carboxylic acids is 1. The normalized spacial score (nSPS) is 16.6. The average Bonchev–Trinajstić information content (AvgIpc) is 2.47. The molecule has 7 heteroatoms. The highest BCUT2D eigenvalue weighted by molar-refractivity contribution is 5.69. The molecule has 27 heavy (non-hydrogen) atoms. The molecule has 0 amide bonds. The van der Waals surface area contributed by atoms with Crippen LogP contribution in [0.1, 0.15) is 88.5 Å². The van der Waals surface area contributed by atoms with Crippen molar-refractivity contribution < 1.29 is 19.3 Å². The van der Waals surface area contributed by atoms with E-state index in [-0.39, 0.29) is 30.5 Å². The Bertz CT molecular complexity index is 553. The Morgan fingerprint density at radius 2 is 1.56 bits per heavy atom. The summed E-state index contributed by atoms with van der Waals surface area (Å²) in [5.74, 6) is -0.373. The van der Waals surface area contributed by atoms with Crippen molar-refractivity contribution in [1.82, 2.24) is 0 Å². The molecule has 0 aliphatic rings. The van der Waals surface area contributed by atoms with Crippen molar-refractivity contribution in [3.63, 3.8) is 0 Å². The molecular formula is C20H37N3O4. The second-order valence-corrected chi connectivity index (χ2v) is 9.80. The highest BCUT2D eigenvalue weighted by atomic mass is 17.2. The summed E-state index contributed by atoms with van der Waals surface area (Å²) < 4.78 is 5.45. The van der Waals surface area contributed by atoms with E-state index in [1.165, 1.54) is 0 Å². The molecule has 0 heterocycles. The van der Waals surface area contributed by atoms with Crippen LogP contribution in [0.5, 0.6) is 0 Å². The van der Waals surface area contributed by atoms with E-state index in [4.69, 9.17) is 14.5 Å². The molecule has 7 nitrogen and oxygen atoms in total. The fraction of sp³-hybridized carbons (Fsp3) is 0.900. The zero-order valence-corrected chi connectivity index (χ0v) is 18.7. The van der Waals surface area contributed by atoms with Gasteiger partial charge in [-0.1, -0.05) is 0 Å². The average molecular weight is 384 g/mol. The fourth-order valence-corrected chi connectivity index (χ4v) is 2.02. The number of hydrogen-bond donors (Lipinski definition) is 0. The monoisotopic (exact) mass is 383 g/mol. The zero-order chi connectivity index (χ0) is 21.5. The van der Waals surface area contributed by atoms with E-state index in [1.54, 1.807) is 6.92 Å². The van der Waals surface area contributed by atoms with Crippen molar-refractivity contribution in [3.8, 4) is 6.07 Å². The van der Waals surface area contributed by atoms with Crippen molar-refractivity contribution in [1.29, 1.82) is 5.26 Å². The van der Waals surface area contributed by atoms with Gasteiger partial charge in [-0.05, 0) is 75.7 Å². The molecule has 0 bridgehead atoms. The molecule has 0 fully saturated rings. The van der Waals surface area contributed by atoms with Crippen LogP contribution in [0.15, 0.2) is 10.2 Å². The van der Waals surface area contributed by atoms with E-state index in [0.29, 0.717) is 6.42 Å². The molecule has 156 valence electrons. The molecule has 0 aromatic carbocycles. The lowest BCUT2D eigenvalue weighted by Gasteiger charge is -2.30. The number of rotatable bonds is 9. The maximum Gasteiger partial charge on any atom is 0.306 e. The largest absolute Gasteiger partial charge is 0.463 e. The van der Waals surface area contributed by atoms with Crippen molar-refractivity contribution in [2.45, 2.75) is 117 Å². The SMILES string of the molecule is CC(CC(C)(C)OOC(C)(C)C)OC(=O)CCC(C)(C#N)N=NC(C)(C)C. The van der Waals surface area contributed by atoms with Gasteiger partial charge in [-0.2, -0.15) is 15.5 Å². The van der Waals surface area contributed by atoms with Gasteiger partial charge < -0.3 is 4.74 Å². The molecule has 0 aliphatic heterocycles. The highest BCUT2D eigenvalue weighted by Crippen LogP contribution is 2.24. The maximum absolute atomic E-state index is 12.1. The molecule has 0 radical (unpaired) electrons. The van der Waals surface area contributed by atoms with Crippen molar-refractivity contribution in [3.05, 3.63) is 0 Å². The van der Waals surface area contributed by atoms with Gasteiger partial charge in [0, 0.05) is 12.8 Å². The van der Waals surface area contributed by atoms with Crippen LogP contribution in [-0.2, 0) is 19.3 Å². The van der Waals surface area contributed by atoms with E-state index in [2.05, 4.69) is 16.3 Å². The van der Waals surface area contributed by atoms with Gasteiger partial charge in [0.25, 0.3) is 0 Å². The highest BCUT2D eigenvalue weighted by Gasteiger charge is 2.29. The summed E-state index contributed by atoms with van der Waals surface area (Å²) in [4.78, 5) is 23.0. The first-order valence-electron chi connectivity index (χ1n) is 9.39.